The number of carboxylic acids is 1. The topological polar surface area (TPSA) is 90.5 Å². The summed E-state index contributed by atoms with van der Waals surface area (Å²) in [5.41, 5.74) is -1.77. The van der Waals surface area contributed by atoms with Gasteiger partial charge < -0.3 is 15.0 Å². The Morgan fingerprint density at radius 3 is 2.29 bits per heavy atom. The number of H-pyrrole nitrogens is 1. The van der Waals surface area contributed by atoms with Crippen LogP contribution in [0.1, 0.15) is 37.5 Å². The van der Waals surface area contributed by atoms with Gasteiger partial charge in [-0.25, -0.2) is 4.79 Å². The molecule has 1 aromatic heterocycles. The van der Waals surface area contributed by atoms with Crippen LogP contribution in [0.2, 0.25) is 10.0 Å². The molecule has 6 nitrogen and oxygen atoms in total. The molecule has 12 heteroatoms. The van der Waals surface area contributed by atoms with E-state index in [-0.39, 0.29) is 38.5 Å². The number of pyridine rings is 1. The quantitative estimate of drug-likeness (QED) is 0.452. The second-order valence-electron chi connectivity index (χ2n) is 7.35. The Hall–Kier alpha value is -2.95. The standard InChI is InChI=1S/C22H13Cl2F3N2O4S/c23-13-2-1-3-14(24)18(13)34-15-7-16(22(25,26)27)28-19(30)17(15)20(31)29-8-11-5-4-10(21(32)33)6-12(11)9-29/h1-7H,8-9H2,(H,28,30)(H,32,33). The zero-order valence-electron chi connectivity index (χ0n) is 16.9. The Morgan fingerprint density at radius 2 is 1.68 bits per heavy atom. The molecule has 0 saturated carbocycles. The van der Waals surface area contributed by atoms with Gasteiger partial charge in [0, 0.05) is 22.9 Å². The van der Waals surface area contributed by atoms with Gasteiger partial charge in [0.05, 0.1) is 15.6 Å². The number of aromatic nitrogens is 1. The maximum absolute atomic E-state index is 13.4. The molecular weight excluding hydrogens is 516 g/mol. The van der Waals surface area contributed by atoms with Gasteiger partial charge in [-0.3, -0.25) is 9.59 Å². The monoisotopic (exact) mass is 528 g/mol. The van der Waals surface area contributed by atoms with Crippen molar-refractivity contribution in [1.29, 1.82) is 0 Å². The highest BCUT2D eigenvalue weighted by Gasteiger charge is 2.36. The van der Waals surface area contributed by atoms with Crippen molar-refractivity contribution in [1.82, 2.24) is 9.88 Å². The third kappa shape index (κ3) is 4.66. The number of alkyl halides is 3. The van der Waals surface area contributed by atoms with Gasteiger partial charge in [0.1, 0.15) is 11.3 Å². The van der Waals surface area contributed by atoms with Crippen LogP contribution in [0.15, 0.2) is 57.1 Å². The number of benzene rings is 2. The first kappa shape index (κ1) is 24.2. The number of carboxylic acid groups (broad SMARTS) is 1. The van der Waals surface area contributed by atoms with E-state index in [1.807, 2.05) is 0 Å². The van der Waals surface area contributed by atoms with E-state index in [4.69, 9.17) is 23.2 Å². The van der Waals surface area contributed by atoms with Gasteiger partial charge in [-0.1, -0.05) is 47.1 Å². The molecule has 1 aliphatic heterocycles. The molecule has 0 radical (unpaired) electrons. The molecular formula is C22H13Cl2F3N2O4S. The Labute approximate surface area is 204 Å². The number of nitrogens with zero attached hydrogens (tertiary/aromatic N) is 1. The lowest BCUT2D eigenvalue weighted by Gasteiger charge is -2.18. The van der Waals surface area contributed by atoms with Gasteiger partial charge in [0.15, 0.2) is 0 Å². The number of hydrogen-bond donors (Lipinski definition) is 2. The number of rotatable bonds is 4. The van der Waals surface area contributed by atoms with Crippen LogP contribution < -0.4 is 5.56 Å². The molecule has 3 aromatic rings. The van der Waals surface area contributed by atoms with Crippen molar-refractivity contribution in [2.24, 2.45) is 0 Å². The van der Waals surface area contributed by atoms with Crippen molar-refractivity contribution < 1.29 is 27.9 Å². The van der Waals surface area contributed by atoms with Gasteiger partial charge in [-0.2, -0.15) is 13.2 Å². The highest BCUT2D eigenvalue weighted by molar-refractivity contribution is 7.99. The average Bonchev–Trinajstić information content (AvgIpc) is 3.18. The fourth-order valence-corrected chi connectivity index (χ4v) is 5.13. The van der Waals surface area contributed by atoms with Crippen molar-refractivity contribution in [2.75, 3.05) is 0 Å². The van der Waals surface area contributed by atoms with Gasteiger partial charge in [0.2, 0.25) is 0 Å². The number of aromatic amines is 1. The van der Waals surface area contributed by atoms with Crippen LogP contribution in [-0.2, 0) is 19.3 Å². The van der Waals surface area contributed by atoms with Crippen molar-refractivity contribution in [3.8, 4) is 0 Å². The fourth-order valence-electron chi connectivity index (χ4n) is 3.49. The summed E-state index contributed by atoms with van der Waals surface area (Å²) in [6.45, 7) is 0.0538. The van der Waals surface area contributed by atoms with Crippen molar-refractivity contribution in [2.45, 2.75) is 29.1 Å². The van der Waals surface area contributed by atoms with Crippen LogP contribution in [0.25, 0.3) is 0 Å². The number of carbonyl (C=O) groups excluding carboxylic acids is 1. The second kappa shape index (κ2) is 9.01. The average molecular weight is 529 g/mol. The number of fused-ring (bicyclic) bond motifs is 1. The summed E-state index contributed by atoms with van der Waals surface area (Å²) in [7, 11) is 0. The molecule has 0 bridgehead atoms. The Bertz CT molecular complexity index is 1370. The van der Waals surface area contributed by atoms with Gasteiger partial charge in [-0.15, -0.1) is 0 Å². The molecule has 1 amide bonds. The van der Waals surface area contributed by atoms with Gasteiger partial charge >= 0.3 is 12.1 Å². The SMILES string of the molecule is O=C(O)c1ccc2c(c1)CN(C(=O)c1c(Sc3c(Cl)cccc3Cl)cc(C(F)(F)F)[nH]c1=O)C2. The van der Waals surface area contributed by atoms with E-state index >= 15 is 0 Å². The lowest BCUT2D eigenvalue weighted by atomic mass is 10.1. The first-order valence-electron chi connectivity index (χ1n) is 9.56. The van der Waals surface area contributed by atoms with Crippen LogP contribution in [0, 0.1) is 0 Å². The highest BCUT2D eigenvalue weighted by atomic mass is 35.5. The minimum atomic E-state index is -4.86. The van der Waals surface area contributed by atoms with E-state index in [2.05, 4.69) is 0 Å². The molecule has 2 aromatic carbocycles. The molecule has 1 aliphatic rings. The van der Waals surface area contributed by atoms with Crippen LogP contribution in [0.5, 0.6) is 0 Å². The summed E-state index contributed by atoms with van der Waals surface area (Å²) in [5.74, 6) is -1.95. The lowest BCUT2D eigenvalue weighted by molar-refractivity contribution is -0.141. The maximum Gasteiger partial charge on any atom is 0.431 e. The van der Waals surface area contributed by atoms with E-state index < -0.39 is 34.9 Å². The summed E-state index contributed by atoms with van der Waals surface area (Å²) in [6.07, 6.45) is -4.86. The number of hydrogen-bond acceptors (Lipinski definition) is 4. The normalized spacial score (nSPS) is 13.1. The first-order chi connectivity index (χ1) is 16.0. The molecule has 0 unspecified atom stereocenters. The van der Waals surface area contributed by atoms with Crippen molar-refractivity contribution >= 4 is 46.8 Å². The van der Waals surface area contributed by atoms with Crippen molar-refractivity contribution in [3.63, 3.8) is 0 Å². The van der Waals surface area contributed by atoms with Crippen LogP contribution in [0.4, 0.5) is 13.2 Å². The predicted octanol–water partition coefficient (Wildman–Crippen LogP) is 5.71. The zero-order valence-corrected chi connectivity index (χ0v) is 19.2. The van der Waals surface area contributed by atoms with E-state index in [0.29, 0.717) is 29.0 Å². The molecule has 176 valence electrons. The summed E-state index contributed by atoms with van der Waals surface area (Å²) in [4.78, 5) is 40.2. The van der Waals surface area contributed by atoms with Gasteiger partial charge in [-0.05, 0) is 41.5 Å². The van der Waals surface area contributed by atoms with E-state index in [0.717, 1.165) is 0 Å². The van der Waals surface area contributed by atoms with Crippen LogP contribution in [-0.4, -0.2) is 26.9 Å². The molecule has 0 saturated heterocycles. The smallest absolute Gasteiger partial charge is 0.431 e. The molecule has 4 rings (SSSR count). The zero-order chi connectivity index (χ0) is 24.8. The highest BCUT2D eigenvalue weighted by Crippen LogP contribution is 2.41. The summed E-state index contributed by atoms with van der Waals surface area (Å²) in [6, 6.07) is 9.54. The van der Waals surface area contributed by atoms with Crippen LogP contribution in [0.3, 0.4) is 0 Å². The molecule has 0 atom stereocenters. The Balaban J connectivity index is 1.77. The Morgan fingerprint density at radius 1 is 1.03 bits per heavy atom. The third-order valence-electron chi connectivity index (χ3n) is 5.11. The number of aromatic carboxylic acids is 1. The Kier molecular flexibility index (Phi) is 6.41. The predicted molar refractivity (Wildman–Crippen MR) is 120 cm³/mol. The van der Waals surface area contributed by atoms with Crippen molar-refractivity contribution in [3.05, 3.63) is 90.8 Å². The number of amides is 1. The minimum Gasteiger partial charge on any atom is -0.478 e. The first-order valence-corrected chi connectivity index (χ1v) is 11.1. The molecule has 2 heterocycles. The largest absolute Gasteiger partial charge is 0.478 e. The number of halogens is 5. The van der Waals surface area contributed by atoms with Gasteiger partial charge in [0.25, 0.3) is 11.5 Å². The molecule has 0 spiro atoms. The third-order valence-corrected chi connectivity index (χ3v) is 7.15. The van der Waals surface area contributed by atoms with E-state index in [1.165, 1.54) is 29.2 Å². The molecule has 2 N–H and O–H groups in total. The fraction of sp³-hybridized carbons (Fsp3) is 0.136. The lowest BCUT2D eigenvalue weighted by Crippen LogP contribution is -2.32. The molecule has 0 aliphatic carbocycles. The molecule has 34 heavy (non-hydrogen) atoms. The van der Waals surface area contributed by atoms with E-state index in [1.54, 1.807) is 17.1 Å². The summed E-state index contributed by atoms with van der Waals surface area (Å²) >= 11 is 13.0. The second-order valence-corrected chi connectivity index (χ2v) is 9.22. The summed E-state index contributed by atoms with van der Waals surface area (Å²) in [5, 5.41) is 9.45. The molecule has 0 fully saturated rings. The van der Waals surface area contributed by atoms with E-state index in [9.17, 15) is 32.7 Å². The number of nitrogens with one attached hydrogen (secondary N) is 1. The summed E-state index contributed by atoms with van der Waals surface area (Å²) < 4.78 is 40.2. The minimum absolute atomic E-state index is 0.00724. The maximum atomic E-state index is 13.4. The van der Waals surface area contributed by atoms with Crippen LogP contribution >= 0.6 is 35.0 Å². The number of carbonyl (C=O) groups is 2.